The summed E-state index contributed by atoms with van der Waals surface area (Å²) in [6, 6.07) is 58.1. The van der Waals surface area contributed by atoms with E-state index in [1.807, 2.05) is 0 Å². The largest absolute Gasteiger partial charge is 0.0622 e. The summed E-state index contributed by atoms with van der Waals surface area (Å²) in [5.41, 5.74) is 19.8. The lowest BCUT2D eigenvalue weighted by Crippen LogP contribution is -1.90. The molecule has 0 saturated carbocycles. The number of rotatable bonds is 6. The van der Waals surface area contributed by atoms with Gasteiger partial charge in [0.25, 0.3) is 0 Å². The van der Waals surface area contributed by atoms with Crippen molar-refractivity contribution < 1.29 is 0 Å². The minimum absolute atomic E-state index is 1.21. The normalized spacial score (nSPS) is 11.0. The third-order valence-electron chi connectivity index (χ3n) is 8.72. The Labute approximate surface area is 273 Å². The van der Waals surface area contributed by atoms with Crippen LogP contribution in [0.3, 0.4) is 0 Å². The van der Waals surface area contributed by atoms with Crippen LogP contribution in [-0.4, -0.2) is 0 Å². The van der Waals surface area contributed by atoms with Crippen molar-refractivity contribution in [3.8, 4) is 66.8 Å². The lowest BCUT2D eigenvalue weighted by atomic mass is 9.90. The lowest BCUT2D eigenvalue weighted by Gasteiger charge is -2.15. The molecule has 0 aliphatic heterocycles. The Hall–Kier alpha value is -5.46. The second-order valence-corrected chi connectivity index (χ2v) is 12.7. The Morgan fingerprint density at radius 1 is 0.196 bits per heavy atom. The topological polar surface area (TPSA) is 0 Å². The number of aryl methyl sites for hydroxylation is 4. The third-order valence-corrected chi connectivity index (χ3v) is 8.72. The van der Waals surface area contributed by atoms with Crippen molar-refractivity contribution in [1.29, 1.82) is 0 Å². The molecule has 0 heteroatoms. The maximum Gasteiger partial charge on any atom is -0.0171 e. The van der Waals surface area contributed by atoms with Crippen LogP contribution in [0.2, 0.25) is 0 Å². The Balaban J connectivity index is 1.39. The zero-order valence-electron chi connectivity index (χ0n) is 27.0. The number of hydrogen-bond donors (Lipinski definition) is 0. The molecule has 0 atom stereocenters. The molecule has 0 amide bonds. The fourth-order valence-corrected chi connectivity index (χ4v) is 6.68. The molecule has 222 valence electrons. The van der Waals surface area contributed by atoms with Crippen molar-refractivity contribution in [2.45, 2.75) is 27.7 Å². The fourth-order valence-electron chi connectivity index (χ4n) is 6.68. The van der Waals surface area contributed by atoms with Crippen LogP contribution in [0, 0.1) is 27.7 Å². The van der Waals surface area contributed by atoms with Gasteiger partial charge in [0, 0.05) is 0 Å². The molecule has 0 radical (unpaired) electrons. The minimum Gasteiger partial charge on any atom is -0.0622 e. The molecular weight excluding hydrogens is 553 g/mol. The van der Waals surface area contributed by atoms with E-state index in [0.717, 1.165) is 0 Å². The predicted molar refractivity (Wildman–Crippen MR) is 198 cm³/mol. The molecule has 0 aliphatic rings. The third kappa shape index (κ3) is 6.34. The maximum atomic E-state index is 2.35. The highest BCUT2D eigenvalue weighted by molar-refractivity contribution is 5.85. The quantitative estimate of drug-likeness (QED) is 0.181. The van der Waals surface area contributed by atoms with Gasteiger partial charge in [0.15, 0.2) is 0 Å². The van der Waals surface area contributed by atoms with Gasteiger partial charge in [-0.2, -0.15) is 0 Å². The molecule has 7 aromatic carbocycles. The first-order valence-corrected chi connectivity index (χ1v) is 16.1. The Morgan fingerprint density at radius 2 is 0.435 bits per heavy atom. The summed E-state index contributed by atoms with van der Waals surface area (Å²) < 4.78 is 0. The lowest BCUT2D eigenvalue weighted by molar-refractivity contribution is 1.38. The van der Waals surface area contributed by atoms with Crippen LogP contribution in [0.4, 0.5) is 0 Å². The van der Waals surface area contributed by atoms with E-state index in [1.54, 1.807) is 0 Å². The number of hydrogen-bond acceptors (Lipinski definition) is 0. The molecule has 0 saturated heterocycles. The molecule has 0 fully saturated rings. The van der Waals surface area contributed by atoms with Gasteiger partial charge in [0.1, 0.15) is 0 Å². The van der Waals surface area contributed by atoms with Crippen molar-refractivity contribution in [2.75, 3.05) is 0 Å². The van der Waals surface area contributed by atoms with Crippen molar-refractivity contribution in [2.24, 2.45) is 0 Å². The molecule has 46 heavy (non-hydrogen) atoms. The highest BCUT2D eigenvalue weighted by Gasteiger charge is 2.12. The summed E-state index contributed by atoms with van der Waals surface area (Å²) in [4.78, 5) is 0. The van der Waals surface area contributed by atoms with E-state index in [2.05, 4.69) is 185 Å². The molecule has 0 unspecified atom stereocenters. The molecule has 0 nitrogen and oxygen atoms in total. The average molecular weight is 591 g/mol. The van der Waals surface area contributed by atoms with Crippen LogP contribution in [0.25, 0.3) is 66.8 Å². The molecular formula is C46H38. The first kappa shape index (κ1) is 29.3. The van der Waals surface area contributed by atoms with Crippen molar-refractivity contribution in [3.05, 3.63) is 180 Å². The minimum atomic E-state index is 1.21. The van der Waals surface area contributed by atoms with Gasteiger partial charge in [-0.1, -0.05) is 138 Å². The van der Waals surface area contributed by atoms with E-state index < -0.39 is 0 Å². The summed E-state index contributed by atoms with van der Waals surface area (Å²) in [5, 5.41) is 0. The SMILES string of the molecule is Cc1cc(C)cc(-c2cc(-c3ccccc3)cc(-c3cccc(-c4cc(-c5ccccc5)cc(-c5cc(C)cc(C)c5)c4)c3)c2)c1. The molecule has 7 aromatic rings. The van der Waals surface area contributed by atoms with Gasteiger partial charge in [-0.3, -0.25) is 0 Å². The van der Waals surface area contributed by atoms with Crippen LogP contribution in [0.5, 0.6) is 0 Å². The molecule has 0 bridgehead atoms. The average Bonchev–Trinajstić information content (AvgIpc) is 3.08. The molecule has 0 heterocycles. The Bertz CT molecular complexity index is 1970. The molecule has 0 aromatic heterocycles. The van der Waals surface area contributed by atoms with Gasteiger partial charge < -0.3 is 0 Å². The maximum absolute atomic E-state index is 2.35. The standard InChI is InChI=1S/C46H38/c1-31-18-32(2)21-39(20-31)45-27-41(35-12-7-5-8-13-35)25-43(29-45)37-16-11-17-38(24-37)44-26-42(36-14-9-6-10-15-36)28-46(30-44)40-22-33(3)19-34(4)23-40/h5-30H,1-4H3. The second kappa shape index (κ2) is 12.5. The van der Waals surface area contributed by atoms with E-state index in [0.29, 0.717) is 0 Å². The van der Waals surface area contributed by atoms with Crippen LogP contribution in [0.1, 0.15) is 22.3 Å². The van der Waals surface area contributed by atoms with E-state index in [4.69, 9.17) is 0 Å². The van der Waals surface area contributed by atoms with Crippen LogP contribution < -0.4 is 0 Å². The second-order valence-electron chi connectivity index (χ2n) is 12.7. The first-order valence-electron chi connectivity index (χ1n) is 16.1. The summed E-state index contributed by atoms with van der Waals surface area (Å²) in [6.45, 7) is 8.71. The van der Waals surface area contributed by atoms with Gasteiger partial charge in [0.2, 0.25) is 0 Å². The molecule has 7 rings (SSSR count). The van der Waals surface area contributed by atoms with Gasteiger partial charge in [-0.25, -0.2) is 0 Å². The van der Waals surface area contributed by atoms with Gasteiger partial charge >= 0.3 is 0 Å². The zero-order chi connectivity index (χ0) is 31.6. The van der Waals surface area contributed by atoms with Gasteiger partial charge in [-0.15, -0.1) is 0 Å². The summed E-state index contributed by atoms with van der Waals surface area (Å²) in [6.07, 6.45) is 0. The summed E-state index contributed by atoms with van der Waals surface area (Å²) >= 11 is 0. The van der Waals surface area contributed by atoms with Crippen molar-refractivity contribution in [1.82, 2.24) is 0 Å². The molecule has 0 spiro atoms. The zero-order valence-corrected chi connectivity index (χ0v) is 27.0. The first-order chi connectivity index (χ1) is 22.4. The Kier molecular flexibility index (Phi) is 7.95. The van der Waals surface area contributed by atoms with E-state index in [-0.39, 0.29) is 0 Å². The van der Waals surface area contributed by atoms with Crippen LogP contribution in [0.15, 0.2) is 158 Å². The highest BCUT2D eigenvalue weighted by atomic mass is 14.2. The molecule has 0 N–H and O–H groups in total. The summed E-state index contributed by atoms with van der Waals surface area (Å²) in [7, 11) is 0. The number of benzene rings is 7. The van der Waals surface area contributed by atoms with Gasteiger partial charge in [0.05, 0.1) is 0 Å². The fraction of sp³-hybridized carbons (Fsp3) is 0.0870. The highest BCUT2D eigenvalue weighted by Crippen LogP contribution is 2.37. The van der Waals surface area contributed by atoms with E-state index >= 15 is 0 Å². The van der Waals surface area contributed by atoms with Gasteiger partial charge in [-0.05, 0) is 137 Å². The Morgan fingerprint density at radius 3 is 0.783 bits per heavy atom. The smallest absolute Gasteiger partial charge is 0.0171 e. The predicted octanol–water partition coefficient (Wildman–Crippen LogP) is 12.9. The van der Waals surface area contributed by atoms with E-state index in [1.165, 1.54) is 89.0 Å². The summed E-state index contributed by atoms with van der Waals surface area (Å²) in [5.74, 6) is 0. The molecule has 0 aliphatic carbocycles. The van der Waals surface area contributed by atoms with Crippen molar-refractivity contribution >= 4 is 0 Å². The van der Waals surface area contributed by atoms with E-state index in [9.17, 15) is 0 Å². The van der Waals surface area contributed by atoms with Crippen LogP contribution >= 0.6 is 0 Å². The monoisotopic (exact) mass is 590 g/mol. The van der Waals surface area contributed by atoms with Crippen molar-refractivity contribution in [3.63, 3.8) is 0 Å². The van der Waals surface area contributed by atoms with Crippen LogP contribution in [-0.2, 0) is 0 Å².